The maximum Gasteiger partial charge on any atom is 0.309 e. The molecule has 2 saturated carbocycles. The van der Waals surface area contributed by atoms with Crippen molar-refractivity contribution in [1.29, 1.82) is 0 Å². The minimum atomic E-state index is -0.378. The summed E-state index contributed by atoms with van der Waals surface area (Å²) >= 11 is 0. The fourth-order valence-electron chi connectivity index (χ4n) is 5.89. The van der Waals surface area contributed by atoms with E-state index in [2.05, 4.69) is 26.0 Å². The van der Waals surface area contributed by atoms with Crippen LogP contribution in [-0.2, 0) is 30.4 Å². The number of ether oxygens (including phenoxy) is 3. The van der Waals surface area contributed by atoms with Crippen molar-refractivity contribution in [2.45, 2.75) is 58.7 Å². The van der Waals surface area contributed by atoms with Gasteiger partial charge in [0.1, 0.15) is 0 Å². The van der Waals surface area contributed by atoms with E-state index in [9.17, 15) is 9.59 Å². The van der Waals surface area contributed by atoms with Gasteiger partial charge in [-0.2, -0.15) is 0 Å². The Bertz CT molecular complexity index is 698. The van der Waals surface area contributed by atoms with Crippen LogP contribution in [0.5, 0.6) is 0 Å². The van der Waals surface area contributed by atoms with Crippen molar-refractivity contribution in [3.63, 3.8) is 0 Å². The highest BCUT2D eigenvalue weighted by atomic mass is 16.5. The lowest BCUT2D eigenvalue weighted by molar-refractivity contribution is -0.183. The highest BCUT2D eigenvalue weighted by molar-refractivity contribution is 5.75. The molecule has 0 aromatic heterocycles. The van der Waals surface area contributed by atoms with E-state index >= 15 is 0 Å². The lowest BCUT2D eigenvalue weighted by Crippen LogP contribution is -2.55. The van der Waals surface area contributed by atoms with Gasteiger partial charge >= 0.3 is 11.9 Å². The molecule has 2 bridgehead atoms. The Morgan fingerprint density at radius 1 is 1.11 bits per heavy atom. The summed E-state index contributed by atoms with van der Waals surface area (Å²) in [4.78, 5) is 24.7. The molecule has 154 valence electrons. The highest BCUT2D eigenvalue weighted by Gasteiger charge is 2.63. The predicted molar refractivity (Wildman–Crippen MR) is 105 cm³/mol. The van der Waals surface area contributed by atoms with Crippen LogP contribution in [0.2, 0.25) is 0 Å². The summed E-state index contributed by atoms with van der Waals surface area (Å²) < 4.78 is 16.5. The first kappa shape index (κ1) is 20.8. The van der Waals surface area contributed by atoms with Crippen LogP contribution in [0, 0.1) is 22.7 Å². The van der Waals surface area contributed by atoms with E-state index in [0.717, 1.165) is 24.8 Å². The summed E-state index contributed by atoms with van der Waals surface area (Å²) in [5, 5.41) is 0. The molecule has 0 N–H and O–H groups in total. The number of rotatable bonds is 7. The van der Waals surface area contributed by atoms with Gasteiger partial charge in [-0.3, -0.25) is 9.59 Å². The Hall–Kier alpha value is -1.88. The summed E-state index contributed by atoms with van der Waals surface area (Å²) in [6.07, 6.45) is 3.80. The van der Waals surface area contributed by atoms with Gasteiger partial charge in [-0.1, -0.05) is 44.2 Å². The first-order chi connectivity index (χ1) is 13.3. The van der Waals surface area contributed by atoms with E-state index in [1.807, 2.05) is 18.2 Å². The van der Waals surface area contributed by atoms with Gasteiger partial charge in [-0.05, 0) is 42.6 Å². The lowest BCUT2D eigenvalue weighted by atomic mass is 9.53. The third-order valence-corrected chi connectivity index (χ3v) is 6.96. The Labute approximate surface area is 167 Å². The van der Waals surface area contributed by atoms with Crippen LogP contribution in [0.25, 0.3) is 0 Å². The van der Waals surface area contributed by atoms with Crippen LogP contribution in [0.15, 0.2) is 30.3 Å². The Morgan fingerprint density at radius 3 is 2.46 bits per heavy atom. The Balaban J connectivity index is 1.84. The molecule has 0 spiro atoms. The van der Waals surface area contributed by atoms with Gasteiger partial charge in [0.2, 0.25) is 0 Å². The van der Waals surface area contributed by atoms with Crippen LogP contribution in [0.1, 0.15) is 51.5 Å². The molecule has 0 aliphatic heterocycles. The summed E-state index contributed by atoms with van der Waals surface area (Å²) in [5.74, 6) is -0.323. The average Bonchev–Trinajstić information content (AvgIpc) is 3.07. The second-order valence-electron chi connectivity index (χ2n) is 8.94. The average molecular weight is 389 g/mol. The van der Waals surface area contributed by atoms with Gasteiger partial charge in [0.05, 0.1) is 32.8 Å². The quantitative estimate of drug-likeness (QED) is 0.657. The van der Waals surface area contributed by atoms with Crippen molar-refractivity contribution in [2.24, 2.45) is 22.7 Å². The number of fused-ring (bicyclic) bond motifs is 2. The summed E-state index contributed by atoms with van der Waals surface area (Å²) in [6, 6.07) is 10.1. The number of esters is 2. The van der Waals surface area contributed by atoms with E-state index in [0.29, 0.717) is 25.4 Å². The third kappa shape index (κ3) is 3.82. The number of hydrogen-bond donors (Lipinski definition) is 0. The zero-order valence-electron chi connectivity index (χ0n) is 17.4. The molecule has 3 rings (SSSR count). The van der Waals surface area contributed by atoms with Gasteiger partial charge in [-0.15, -0.1) is 0 Å². The van der Waals surface area contributed by atoms with Crippen LogP contribution >= 0.6 is 0 Å². The fourth-order valence-corrected chi connectivity index (χ4v) is 5.89. The van der Waals surface area contributed by atoms with E-state index < -0.39 is 0 Å². The second-order valence-corrected chi connectivity index (χ2v) is 8.94. The monoisotopic (exact) mass is 388 g/mol. The van der Waals surface area contributed by atoms with Crippen molar-refractivity contribution in [1.82, 2.24) is 0 Å². The van der Waals surface area contributed by atoms with Crippen molar-refractivity contribution in [3.05, 3.63) is 35.9 Å². The first-order valence-corrected chi connectivity index (χ1v) is 10.1. The van der Waals surface area contributed by atoms with Crippen LogP contribution in [-0.4, -0.2) is 32.3 Å². The summed E-state index contributed by atoms with van der Waals surface area (Å²) in [6.45, 7) is 4.78. The number of hydrogen-bond acceptors (Lipinski definition) is 5. The molecule has 1 aromatic carbocycles. The van der Waals surface area contributed by atoms with Gasteiger partial charge in [0.15, 0.2) is 0 Å². The fraction of sp³-hybridized carbons (Fsp3) is 0.652. The number of carbonyl (C=O) groups is 2. The number of methoxy groups -OCH3 is 2. The van der Waals surface area contributed by atoms with Crippen LogP contribution < -0.4 is 0 Å². The van der Waals surface area contributed by atoms with E-state index in [1.54, 1.807) is 0 Å². The Kier molecular flexibility index (Phi) is 6.13. The standard InChI is InChI=1S/C23H32O5/c1-22(2)19(21(25)27-4)23(13-11-18(24)26-3)12-10-17(14-23)20(22)28-15-16-8-6-5-7-9-16/h5-9,17,19-20H,10-15H2,1-4H3/t17-,19-,20-,23-/m0/s1. The molecule has 4 atom stereocenters. The van der Waals surface area contributed by atoms with Gasteiger partial charge in [0.25, 0.3) is 0 Å². The normalized spacial score (nSPS) is 30.6. The van der Waals surface area contributed by atoms with Crippen LogP contribution in [0.3, 0.4) is 0 Å². The van der Waals surface area contributed by atoms with Crippen molar-refractivity contribution < 1.29 is 23.8 Å². The van der Waals surface area contributed by atoms with E-state index in [4.69, 9.17) is 14.2 Å². The summed E-state index contributed by atoms with van der Waals surface area (Å²) in [7, 11) is 2.86. The number of carbonyl (C=O) groups excluding carboxylic acids is 2. The zero-order chi connectivity index (χ0) is 20.4. The molecule has 5 nitrogen and oxygen atoms in total. The molecule has 1 aromatic rings. The molecule has 5 heteroatoms. The summed E-state index contributed by atoms with van der Waals surface area (Å²) in [5.41, 5.74) is 0.535. The number of benzene rings is 1. The third-order valence-electron chi connectivity index (χ3n) is 6.96. The largest absolute Gasteiger partial charge is 0.469 e. The van der Waals surface area contributed by atoms with Gasteiger partial charge in [-0.25, -0.2) is 0 Å². The predicted octanol–water partition coefficient (Wildman–Crippen LogP) is 4.14. The molecule has 0 unspecified atom stereocenters. The molecule has 0 heterocycles. The first-order valence-electron chi connectivity index (χ1n) is 10.1. The Morgan fingerprint density at radius 2 is 1.82 bits per heavy atom. The topological polar surface area (TPSA) is 61.8 Å². The van der Waals surface area contributed by atoms with Crippen molar-refractivity contribution >= 4 is 11.9 Å². The van der Waals surface area contributed by atoms with Crippen molar-refractivity contribution in [2.75, 3.05) is 14.2 Å². The molecule has 0 amide bonds. The van der Waals surface area contributed by atoms with E-state index in [-0.39, 0.29) is 34.8 Å². The minimum absolute atomic E-state index is 0.0226. The molecule has 2 aliphatic carbocycles. The SMILES string of the molecule is COC(=O)CC[C@@]12CC[C@@H](C1)[C@H](OCc1ccccc1)C(C)(C)[C@@H]2C(=O)OC. The second kappa shape index (κ2) is 8.24. The molecular weight excluding hydrogens is 356 g/mol. The maximum absolute atomic E-state index is 12.9. The lowest BCUT2D eigenvalue weighted by Gasteiger charge is -2.53. The van der Waals surface area contributed by atoms with Crippen molar-refractivity contribution in [3.8, 4) is 0 Å². The molecule has 0 radical (unpaired) electrons. The molecule has 2 fully saturated rings. The molecule has 28 heavy (non-hydrogen) atoms. The molecular formula is C23H32O5. The molecule has 2 aliphatic rings. The van der Waals surface area contributed by atoms with Gasteiger partial charge < -0.3 is 14.2 Å². The maximum atomic E-state index is 12.9. The molecule has 0 saturated heterocycles. The van der Waals surface area contributed by atoms with E-state index in [1.165, 1.54) is 14.2 Å². The van der Waals surface area contributed by atoms with Gasteiger partial charge in [0, 0.05) is 11.8 Å². The zero-order valence-corrected chi connectivity index (χ0v) is 17.4. The minimum Gasteiger partial charge on any atom is -0.469 e. The highest BCUT2D eigenvalue weighted by Crippen LogP contribution is 2.64. The van der Waals surface area contributed by atoms with Crippen LogP contribution in [0.4, 0.5) is 0 Å². The smallest absolute Gasteiger partial charge is 0.309 e.